The maximum atomic E-state index is 12.6. The van der Waals surface area contributed by atoms with Gasteiger partial charge in [0, 0.05) is 17.8 Å². The summed E-state index contributed by atoms with van der Waals surface area (Å²) in [6, 6.07) is 23.3. The number of hydrogen-bond acceptors (Lipinski definition) is 6. The molecule has 0 spiro atoms. The van der Waals surface area contributed by atoms with Crippen molar-refractivity contribution in [3.63, 3.8) is 0 Å². The molecule has 3 rings (SSSR count). The van der Waals surface area contributed by atoms with Crippen LogP contribution in [0.1, 0.15) is 0 Å². The van der Waals surface area contributed by atoms with Crippen molar-refractivity contribution < 1.29 is 14.5 Å². The number of para-hydroxylation sites is 2. The first-order valence-electron chi connectivity index (χ1n) is 8.29. The molecule has 0 saturated carbocycles. The number of carbonyl (C=O) groups is 1. The van der Waals surface area contributed by atoms with Crippen LogP contribution in [0.5, 0.6) is 5.75 Å². The van der Waals surface area contributed by atoms with E-state index in [2.05, 4.69) is 15.8 Å². The number of hydrogen-bond donors (Lipinski definition) is 2. The summed E-state index contributed by atoms with van der Waals surface area (Å²) in [5.74, 6) is -0.326. The lowest BCUT2D eigenvalue weighted by Crippen LogP contribution is -2.28. The maximum Gasteiger partial charge on any atom is 0.313 e. The van der Waals surface area contributed by atoms with Gasteiger partial charge in [0.2, 0.25) is 0 Å². The fourth-order valence-electron chi connectivity index (χ4n) is 2.20. The van der Waals surface area contributed by atoms with Crippen LogP contribution in [0.2, 0.25) is 0 Å². The lowest BCUT2D eigenvalue weighted by atomic mass is 10.3. The van der Waals surface area contributed by atoms with Gasteiger partial charge in [0.25, 0.3) is 5.69 Å². The molecule has 2 N–H and O–H groups in total. The monoisotopic (exact) mass is 376 g/mol. The van der Waals surface area contributed by atoms with Crippen LogP contribution in [0.25, 0.3) is 0 Å². The van der Waals surface area contributed by atoms with Crippen LogP contribution >= 0.6 is 0 Å². The molecule has 0 fully saturated rings. The first kappa shape index (κ1) is 18.6. The Hall–Kier alpha value is -4.20. The van der Waals surface area contributed by atoms with E-state index in [4.69, 9.17) is 4.74 Å². The fraction of sp³-hybridized carbons (Fsp3) is 0. The Balaban J connectivity index is 1.79. The van der Waals surface area contributed by atoms with Crippen molar-refractivity contribution in [1.82, 2.24) is 0 Å². The highest BCUT2D eigenvalue weighted by molar-refractivity contribution is 6.40. The van der Waals surface area contributed by atoms with Crippen LogP contribution in [0.3, 0.4) is 0 Å². The number of amides is 1. The number of nitro groups is 1. The summed E-state index contributed by atoms with van der Waals surface area (Å²) >= 11 is 0. The molecular weight excluding hydrogens is 360 g/mol. The quantitative estimate of drug-likeness (QED) is 0.303. The zero-order valence-corrected chi connectivity index (χ0v) is 14.6. The zero-order chi connectivity index (χ0) is 19.8. The van der Waals surface area contributed by atoms with E-state index in [0.29, 0.717) is 17.1 Å². The van der Waals surface area contributed by atoms with Gasteiger partial charge in [0.1, 0.15) is 5.75 Å². The van der Waals surface area contributed by atoms with Crippen molar-refractivity contribution in [1.29, 1.82) is 0 Å². The zero-order valence-electron chi connectivity index (χ0n) is 14.6. The Labute approximate surface area is 160 Å². The molecule has 1 amide bonds. The van der Waals surface area contributed by atoms with Crippen molar-refractivity contribution >= 4 is 28.9 Å². The van der Waals surface area contributed by atoms with Gasteiger partial charge in [0.05, 0.1) is 10.6 Å². The molecule has 0 saturated heterocycles. The summed E-state index contributed by atoms with van der Waals surface area (Å²) in [5, 5.41) is 17.5. The van der Waals surface area contributed by atoms with Gasteiger partial charge >= 0.3 is 11.8 Å². The standard InChI is InChI=1S/C20H16N4O4/c25-19(21-15-7-3-1-4-8-15)20(28-18-9-5-2-6-10-18)23-22-16-11-13-17(14-12-16)24(26)27/h1-14,22H,(H,21,25)/b23-20-. The van der Waals surface area contributed by atoms with Crippen molar-refractivity contribution in [2.24, 2.45) is 5.10 Å². The van der Waals surface area contributed by atoms with E-state index in [1.807, 2.05) is 12.1 Å². The van der Waals surface area contributed by atoms with Crippen LogP contribution in [-0.2, 0) is 4.79 Å². The topological polar surface area (TPSA) is 106 Å². The molecule has 0 radical (unpaired) electrons. The highest BCUT2D eigenvalue weighted by Gasteiger charge is 2.15. The van der Waals surface area contributed by atoms with E-state index in [-0.39, 0.29) is 11.6 Å². The van der Waals surface area contributed by atoms with Crippen molar-refractivity contribution in [2.75, 3.05) is 10.7 Å². The Kier molecular flexibility index (Phi) is 5.94. The largest absolute Gasteiger partial charge is 0.434 e. The van der Waals surface area contributed by atoms with Crippen molar-refractivity contribution in [3.8, 4) is 5.75 Å². The minimum atomic E-state index is -0.551. The first-order valence-corrected chi connectivity index (χ1v) is 8.29. The average Bonchev–Trinajstić information content (AvgIpc) is 2.73. The van der Waals surface area contributed by atoms with Gasteiger partial charge in [-0.3, -0.25) is 20.3 Å². The number of nitro benzene ring substituents is 1. The third-order valence-electron chi connectivity index (χ3n) is 3.55. The second-order valence-corrected chi connectivity index (χ2v) is 5.57. The second kappa shape index (κ2) is 8.95. The summed E-state index contributed by atoms with van der Waals surface area (Å²) in [5.41, 5.74) is 3.69. The predicted octanol–water partition coefficient (Wildman–Crippen LogP) is 4.04. The summed E-state index contributed by atoms with van der Waals surface area (Å²) in [4.78, 5) is 22.8. The minimum absolute atomic E-state index is 0.0443. The minimum Gasteiger partial charge on any atom is -0.434 e. The number of carbonyl (C=O) groups excluding carboxylic acids is 1. The molecule has 8 nitrogen and oxygen atoms in total. The molecule has 28 heavy (non-hydrogen) atoms. The van der Waals surface area contributed by atoms with Crippen LogP contribution in [0.15, 0.2) is 90.0 Å². The van der Waals surface area contributed by atoms with Gasteiger partial charge in [0.15, 0.2) is 0 Å². The lowest BCUT2D eigenvalue weighted by Gasteiger charge is -2.10. The highest BCUT2D eigenvalue weighted by atomic mass is 16.6. The molecule has 0 heterocycles. The molecule has 0 aromatic heterocycles. The predicted molar refractivity (Wildman–Crippen MR) is 106 cm³/mol. The number of benzene rings is 3. The van der Waals surface area contributed by atoms with E-state index in [1.54, 1.807) is 48.5 Å². The third-order valence-corrected chi connectivity index (χ3v) is 3.55. The number of rotatable bonds is 5. The first-order chi connectivity index (χ1) is 13.6. The van der Waals surface area contributed by atoms with Gasteiger partial charge in [-0.15, -0.1) is 5.10 Å². The van der Waals surface area contributed by atoms with Crippen LogP contribution in [-0.4, -0.2) is 16.7 Å². The summed E-state index contributed by atoms with van der Waals surface area (Å²) in [7, 11) is 0. The molecule has 0 atom stereocenters. The van der Waals surface area contributed by atoms with Crippen LogP contribution in [0, 0.1) is 10.1 Å². The van der Waals surface area contributed by atoms with Gasteiger partial charge in [-0.1, -0.05) is 36.4 Å². The van der Waals surface area contributed by atoms with Gasteiger partial charge in [-0.2, -0.15) is 0 Å². The molecule has 8 heteroatoms. The van der Waals surface area contributed by atoms with E-state index < -0.39 is 10.8 Å². The smallest absolute Gasteiger partial charge is 0.313 e. The van der Waals surface area contributed by atoms with Gasteiger partial charge in [-0.25, -0.2) is 0 Å². The molecule has 3 aromatic carbocycles. The molecule has 0 aliphatic rings. The molecular formula is C20H16N4O4. The fourth-order valence-corrected chi connectivity index (χ4v) is 2.20. The summed E-state index contributed by atoms with van der Waals surface area (Å²) in [6.45, 7) is 0. The molecule has 3 aromatic rings. The number of non-ortho nitro benzene ring substituents is 1. The van der Waals surface area contributed by atoms with Crippen molar-refractivity contribution in [3.05, 3.63) is 95.0 Å². The SMILES string of the molecule is O=C(Nc1ccccc1)/C(=N/Nc1ccc([N+](=O)[O-])cc1)Oc1ccccc1. The van der Waals surface area contributed by atoms with Crippen LogP contribution in [0.4, 0.5) is 17.1 Å². The second-order valence-electron chi connectivity index (χ2n) is 5.57. The Morgan fingerprint density at radius 2 is 1.46 bits per heavy atom. The molecule has 0 bridgehead atoms. The van der Waals surface area contributed by atoms with Crippen LogP contribution < -0.4 is 15.5 Å². The van der Waals surface area contributed by atoms with Gasteiger partial charge < -0.3 is 10.1 Å². The third kappa shape index (κ3) is 5.15. The van der Waals surface area contributed by atoms with Gasteiger partial charge in [-0.05, 0) is 36.4 Å². The number of hydrazone groups is 1. The number of ether oxygens (including phenoxy) is 1. The van der Waals surface area contributed by atoms with E-state index in [9.17, 15) is 14.9 Å². The number of nitrogens with one attached hydrogen (secondary N) is 2. The average molecular weight is 376 g/mol. The summed E-state index contributed by atoms with van der Waals surface area (Å²) in [6.07, 6.45) is 0. The molecule has 140 valence electrons. The van der Waals surface area contributed by atoms with E-state index in [1.165, 1.54) is 24.3 Å². The van der Waals surface area contributed by atoms with E-state index in [0.717, 1.165) is 0 Å². The Bertz CT molecular complexity index is 974. The normalized spacial score (nSPS) is 10.8. The number of nitrogens with zero attached hydrogens (tertiary/aromatic N) is 2. The van der Waals surface area contributed by atoms with Crippen molar-refractivity contribution in [2.45, 2.75) is 0 Å². The highest BCUT2D eigenvalue weighted by Crippen LogP contribution is 2.16. The lowest BCUT2D eigenvalue weighted by molar-refractivity contribution is -0.384. The number of anilines is 2. The molecule has 0 aliphatic carbocycles. The molecule has 0 unspecified atom stereocenters. The Morgan fingerprint density at radius 1 is 0.857 bits per heavy atom. The van der Waals surface area contributed by atoms with E-state index >= 15 is 0 Å². The summed E-state index contributed by atoms with van der Waals surface area (Å²) < 4.78 is 5.60. The maximum absolute atomic E-state index is 12.6. The molecule has 0 aliphatic heterocycles. The Morgan fingerprint density at radius 3 is 2.07 bits per heavy atom.